The van der Waals surface area contributed by atoms with Gasteiger partial charge in [0.15, 0.2) is 0 Å². The molecule has 4 heteroatoms. The predicted octanol–water partition coefficient (Wildman–Crippen LogP) is 1.81. The van der Waals surface area contributed by atoms with Crippen molar-refractivity contribution < 1.29 is 9.90 Å². The van der Waals surface area contributed by atoms with Crippen molar-refractivity contribution in [3.63, 3.8) is 0 Å². The summed E-state index contributed by atoms with van der Waals surface area (Å²) in [6.07, 6.45) is 0.570. The fourth-order valence-corrected chi connectivity index (χ4v) is 1.45. The quantitative estimate of drug-likeness (QED) is 0.680. The lowest BCUT2D eigenvalue weighted by molar-refractivity contribution is 0.249. The van der Waals surface area contributed by atoms with E-state index < -0.39 is 0 Å². The first-order valence-corrected chi connectivity index (χ1v) is 5.37. The normalized spacial score (nSPS) is 9.94. The number of carbonyl (C=O) groups is 1. The molecule has 4 nitrogen and oxygen atoms in total. The second-order valence-corrected chi connectivity index (χ2v) is 3.72. The number of hydrogen-bond acceptors (Lipinski definition) is 2. The molecule has 0 spiro atoms. The van der Waals surface area contributed by atoms with Gasteiger partial charge in [-0.2, -0.15) is 0 Å². The molecule has 0 aromatic heterocycles. The molecule has 0 saturated heterocycles. The van der Waals surface area contributed by atoms with Crippen LogP contribution in [0.2, 0.25) is 0 Å². The van der Waals surface area contributed by atoms with E-state index in [2.05, 4.69) is 10.6 Å². The first-order valence-electron chi connectivity index (χ1n) is 5.37. The number of rotatable bonds is 4. The Balaban J connectivity index is 2.56. The third-order valence-electron chi connectivity index (χ3n) is 2.34. The predicted molar refractivity (Wildman–Crippen MR) is 64.6 cm³/mol. The Morgan fingerprint density at radius 1 is 1.31 bits per heavy atom. The number of aliphatic hydroxyl groups is 1. The van der Waals surface area contributed by atoms with Gasteiger partial charge in [-0.25, -0.2) is 4.79 Å². The van der Waals surface area contributed by atoms with Crippen molar-refractivity contribution in [2.24, 2.45) is 0 Å². The highest BCUT2D eigenvalue weighted by Crippen LogP contribution is 2.18. The molecule has 16 heavy (non-hydrogen) atoms. The fourth-order valence-electron chi connectivity index (χ4n) is 1.45. The van der Waals surface area contributed by atoms with Crippen LogP contribution in [0.3, 0.4) is 0 Å². The summed E-state index contributed by atoms with van der Waals surface area (Å²) in [5, 5.41) is 14.1. The number of nitrogens with one attached hydrogen (secondary N) is 2. The molecule has 1 aromatic rings. The van der Waals surface area contributed by atoms with Crippen LogP contribution < -0.4 is 10.6 Å². The summed E-state index contributed by atoms with van der Waals surface area (Å²) in [4.78, 5) is 11.5. The van der Waals surface area contributed by atoms with Crippen LogP contribution >= 0.6 is 0 Å². The zero-order valence-electron chi connectivity index (χ0n) is 9.71. The van der Waals surface area contributed by atoms with Gasteiger partial charge in [0.05, 0.1) is 0 Å². The number of aryl methyl sites for hydroxylation is 2. The second kappa shape index (κ2) is 6.12. The van der Waals surface area contributed by atoms with Crippen LogP contribution in [0.5, 0.6) is 0 Å². The molecule has 0 saturated carbocycles. The number of hydrogen-bond donors (Lipinski definition) is 3. The van der Waals surface area contributed by atoms with Crippen LogP contribution in [0, 0.1) is 13.8 Å². The minimum Gasteiger partial charge on any atom is -0.396 e. The van der Waals surface area contributed by atoms with Crippen LogP contribution in [-0.2, 0) is 0 Å². The smallest absolute Gasteiger partial charge is 0.319 e. The van der Waals surface area contributed by atoms with E-state index in [4.69, 9.17) is 5.11 Å². The largest absolute Gasteiger partial charge is 0.396 e. The van der Waals surface area contributed by atoms with Gasteiger partial charge in [0.2, 0.25) is 0 Å². The molecule has 1 rings (SSSR count). The zero-order chi connectivity index (χ0) is 12.0. The highest BCUT2D eigenvalue weighted by molar-refractivity contribution is 5.90. The van der Waals surface area contributed by atoms with Crippen LogP contribution in [0.15, 0.2) is 18.2 Å². The van der Waals surface area contributed by atoms with E-state index in [9.17, 15) is 4.79 Å². The standard InChI is InChI=1S/C12H18N2O2/c1-9-5-3-6-10(2)11(9)14-12(16)13-7-4-8-15/h3,5-6,15H,4,7-8H2,1-2H3,(H2,13,14,16). The monoisotopic (exact) mass is 222 g/mol. The average Bonchev–Trinajstić information content (AvgIpc) is 2.24. The third-order valence-corrected chi connectivity index (χ3v) is 2.34. The van der Waals surface area contributed by atoms with Gasteiger partial charge < -0.3 is 15.7 Å². The van der Waals surface area contributed by atoms with Gasteiger partial charge in [-0.3, -0.25) is 0 Å². The molecular weight excluding hydrogens is 204 g/mol. The topological polar surface area (TPSA) is 61.4 Å². The lowest BCUT2D eigenvalue weighted by atomic mass is 10.1. The SMILES string of the molecule is Cc1cccc(C)c1NC(=O)NCCCO. The van der Waals surface area contributed by atoms with Crippen molar-refractivity contribution in [2.75, 3.05) is 18.5 Å². The van der Waals surface area contributed by atoms with Crippen molar-refractivity contribution in [1.29, 1.82) is 0 Å². The first kappa shape index (κ1) is 12.5. The summed E-state index contributed by atoms with van der Waals surface area (Å²) in [5.41, 5.74) is 2.93. The molecule has 0 aliphatic rings. The van der Waals surface area contributed by atoms with Crippen molar-refractivity contribution in [2.45, 2.75) is 20.3 Å². The molecule has 0 aliphatic heterocycles. The minimum atomic E-state index is -0.231. The number of para-hydroxylation sites is 1. The molecule has 0 atom stereocenters. The third kappa shape index (κ3) is 3.55. The van der Waals surface area contributed by atoms with Gasteiger partial charge in [0.25, 0.3) is 0 Å². The Labute approximate surface area is 95.7 Å². The molecule has 0 heterocycles. The summed E-state index contributed by atoms with van der Waals surface area (Å²) >= 11 is 0. The Kier molecular flexibility index (Phi) is 4.79. The fraction of sp³-hybridized carbons (Fsp3) is 0.417. The Hall–Kier alpha value is -1.55. The van der Waals surface area contributed by atoms with Gasteiger partial charge >= 0.3 is 6.03 Å². The van der Waals surface area contributed by atoms with Gasteiger partial charge in [-0.1, -0.05) is 18.2 Å². The van der Waals surface area contributed by atoms with Crippen LogP contribution in [0.1, 0.15) is 17.5 Å². The second-order valence-electron chi connectivity index (χ2n) is 3.72. The summed E-state index contributed by atoms with van der Waals surface area (Å²) < 4.78 is 0. The van der Waals surface area contributed by atoms with Gasteiger partial charge in [-0.15, -0.1) is 0 Å². The van der Waals surface area contributed by atoms with Crippen molar-refractivity contribution in [3.8, 4) is 0 Å². The zero-order valence-corrected chi connectivity index (χ0v) is 9.71. The molecule has 88 valence electrons. The Morgan fingerprint density at radius 3 is 2.50 bits per heavy atom. The van der Waals surface area contributed by atoms with Gasteiger partial charge in [-0.05, 0) is 31.4 Å². The highest BCUT2D eigenvalue weighted by Gasteiger charge is 2.05. The molecule has 3 N–H and O–H groups in total. The number of aliphatic hydroxyl groups excluding tert-OH is 1. The Morgan fingerprint density at radius 2 is 1.94 bits per heavy atom. The lowest BCUT2D eigenvalue weighted by Crippen LogP contribution is -2.30. The van der Waals surface area contributed by atoms with Crippen LogP contribution in [0.4, 0.5) is 10.5 Å². The van der Waals surface area contributed by atoms with E-state index >= 15 is 0 Å². The summed E-state index contributed by atoms with van der Waals surface area (Å²) in [6.45, 7) is 4.48. The number of benzene rings is 1. The molecule has 0 bridgehead atoms. The van der Waals surface area contributed by atoms with Crippen molar-refractivity contribution in [1.82, 2.24) is 5.32 Å². The highest BCUT2D eigenvalue weighted by atomic mass is 16.3. The maximum Gasteiger partial charge on any atom is 0.319 e. The molecule has 0 fully saturated rings. The molecule has 0 radical (unpaired) electrons. The van der Waals surface area contributed by atoms with E-state index in [1.165, 1.54) is 0 Å². The summed E-state index contributed by atoms with van der Waals surface area (Å²) in [7, 11) is 0. The van der Waals surface area contributed by atoms with Crippen molar-refractivity contribution in [3.05, 3.63) is 29.3 Å². The minimum absolute atomic E-state index is 0.0870. The maximum atomic E-state index is 11.5. The van der Waals surface area contributed by atoms with Crippen LogP contribution in [0.25, 0.3) is 0 Å². The van der Waals surface area contributed by atoms with Crippen LogP contribution in [-0.4, -0.2) is 24.3 Å². The van der Waals surface area contributed by atoms with E-state index in [1.807, 2.05) is 32.0 Å². The summed E-state index contributed by atoms with van der Waals surface area (Å²) in [6, 6.07) is 5.64. The number of amides is 2. The van der Waals surface area contributed by atoms with Gasteiger partial charge in [0.1, 0.15) is 0 Å². The Bertz CT molecular complexity index is 344. The average molecular weight is 222 g/mol. The van der Waals surface area contributed by atoms with Crippen molar-refractivity contribution >= 4 is 11.7 Å². The summed E-state index contributed by atoms with van der Waals surface area (Å²) in [5.74, 6) is 0. The number of urea groups is 1. The molecule has 1 aromatic carbocycles. The van der Waals surface area contributed by atoms with E-state index in [-0.39, 0.29) is 12.6 Å². The van der Waals surface area contributed by atoms with E-state index in [1.54, 1.807) is 0 Å². The van der Waals surface area contributed by atoms with Gasteiger partial charge in [0, 0.05) is 18.8 Å². The maximum absolute atomic E-state index is 11.5. The molecule has 0 unspecified atom stereocenters. The lowest BCUT2D eigenvalue weighted by Gasteiger charge is -2.12. The molecular formula is C12H18N2O2. The number of carbonyl (C=O) groups excluding carboxylic acids is 1. The van der Waals surface area contributed by atoms with E-state index in [0.29, 0.717) is 13.0 Å². The number of anilines is 1. The van der Waals surface area contributed by atoms with E-state index in [0.717, 1.165) is 16.8 Å². The molecule has 2 amide bonds. The first-order chi connectivity index (χ1) is 7.65. The molecule has 0 aliphatic carbocycles.